The maximum Gasteiger partial charge on any atom is 0.123 e. The van der Waals surface area contributed by atoms with Crippen LogP contribution in [0, 0.1) is 6.92 Å². The lowest BCUT2D eigenvalue weighted by Crippen LogP contribution is -2.33. The predicted octanol–water partition coefficient (Wildman–Crippen LogP) is 0.750. The van der Waals surface area contributed by atoms with Gasteiger partial charge in [0.15, 0.2) is 0 Å². The van der Waals surface area contributed by atoms with E-state index in [-0.39, 0.29) is 12.2 Å². The van der Waals surface area contributed by atoms with Crippen molar-refractivity contribution in [1.82, 2.24) is 0 Å². The van der Waals surface area contributed by atoms with Crippen molar-refractivity contribution in [3.8, 4) is 0 Å². The van der Waals surface area contributed by atoms with E-state index in [9.17, 15) is 5.11 Å². The van der Waals surface area contributed by atoms with Gasteiger partial charge in [0.05, 0.1) is 13.0 Å². The molecule has 2 heteroatoms. The van der Waals surface area contributed by atoms with Crippen LogP contribution in [0.25, 0.3) is 0 Å². The second-order valence-corrected chi connectivity index (χ2v) is 2.41. The van der Waals surface area contributed by atoms with Gasteiger partial charge in [-0.15, -0.1) is 0 Å². The molecular weight excluding hydrogens is 116 g/mol. The molecule has 1 aliphatic rings. The van der Waals surface area contributed by atoms with Crippen molar-refractivity contribution in [3.05, 3.63) is 6.92 Å². The fourth-order valence-electron chi connectivity index (χ4n) is 1.10. The summed E-state index contributed by atoms with van der Waals surface area (Å²) in [5.41, 5.74) is 0. The predicted molar refractivity (Wildman–Crippen MR) is 35.0 cm³/mol. The number of hydrogen-bond acceptors (Lipinski definition) is 2. The van der Waals surface area contributed by atoms with E-state index in [1.807, 2.05) is 0 Å². The summed E-state index contributed by atoms with van der Waals surface area (Å²) in [5, 5.41) is 9.20. The molecule has 0 aromatic rings. The summed E-state index contributed by atoms with van der Waals surface area (Å²) in [7, 11) is 0. The van der Waals surface area contributed by atoms with Crippen molar-refractivity contribution in [1.29, 1.82) is 0 Å². The summed E-state index contributed by atoms with van der Waals surface area (Å²) in [6.45, 7) is 4.46. The third-order valence-corrected chi connectivity index (χ3v) is 1.69. The van der Waals surface area contributed by atoms with Crippen LogP contribution in [0.3, 0.4) is 0 Å². The standard InChI is InChI=1S/C7H13O2/c1-2-7-6(8)4-3-5-9-7/h6-8H,1-5H2/q+1. The van der Waals surface area contributed by atoms with Gasteiger partial charge < -0.3 is 9.84 Å². The fourth-order valence-corrected chi connectivity index (χ4v) is 1.10. The Hall–Kier alpha value is -0.210. The van der Waals surface area contributed by atoms with Crippen LogP contribution < -0.4 is 0 Å². The highest BCUT2D eigenvalue weighted by Crippen LogP contribution is 2.15. The van der Waals surface area contributed by atoms with Gasteiger partial charge in [0.25, 0.3) is 0 Å². The molecule has 1 aliphatic heterocycles. The zero-order chi connectivity index (χ0) is 6.69. The average Bonchev–Trinajstić information content (AvgIpc) is 1.89. The highest BCUT2D eigenvalue weighted by molar-refractivity contribution is 4.73. The van der Waals surface area contributed by atoms with E-state index in [1.165, 1.54) is 0 Å². The van der Waals surface area contributed by atoms with Crippen molar-refractivity contribution in [3.63, 3.8) is 0 Å². The number of aliphatic hydroxyl groups excluding tert-OH is 1. The van der Waals surface area contributed by atoms with Gasteiger partial charge in [0.2, 0.25) is 0 Å². The first-order valence-electron chi connectivity index (χ1n) is 3.43. The lowest BCUT2D eigenvalue weighted by atomic mass is 10.0. The fraction of sp³-hybridized carbons (Fsp3) is 0.857. The highest BCUT2D eigenvalue weighted by atomic mass is 16.5. The molecule has 0 saturated carbocycles. The molecule has 0 bridgehead atoms. The van der Waals surface area contributed by atoms with Crippen molar-refractivity contribution < 1.29 is 9.84 Å². The third-order valence-electron chi connectivity index (χ3n) is 1.69. The van der Waals surface area contributed by atoms with Crippen molar-refractivity contribution >= 4 is 0 Å². The summed E-state index contributed by atoms with van der Waals surface area (Å²) in [5.74, 6) is 0. The van der Waals surface area contributed by atoms with E-state index in [0.29, 0.717) is 6.42 Å². The average molecular weight is 129 g/mol. The molecule has 1 heterocycles. The highest BCUT2D eigenvalue weighted by Gasteiger charge is 2.23. The Labute approximate surface area is 55.8 Å². The molecule has 2 unspecified atom stereocenters. The minimum Gasteiger partial charge on any atom is -0.390 e. The minimum atomic E-state index is -0.267. The van der Waals surface area contributed by atoms with Crippen LogP contribution >= 0.6 is 0 Å². The molecular formula is C7H13O2+. The molecule has 1 rings (SSSR count). The molecule has 0 amide bonds. The second kappa shape index (κ2) is 3.08. The summed E-state index contributed by atoms with van der Waals surface area (Å²) < 4.78 is 5.23. The Bertz CT molecular complexity index is 83.0. The first-order valence-corrected chi connectivity index (χ1v) is 3.43. The zero-order valence-electron chi connectivity index (χ0n) is 5.55. The van der Waals surface area contributed by atoms with Crippen LogP contribution in [0.15, 0.2) is 0 Å². The van der Waals surface area contributed by atoms with Gasteiger partial charge in [-0.25, -0.2) is 0 Å². The number of ether oxygens (including phenoxy) is 1. The van der Waals surface area contributed by atoms with Gasteiger partial charge in [-0.3, -0.25) is 0 Å². The summed E-state index contributed by atoms with van der Waals surface area (Å²) in [6, 6.07) is 0. The lowest BCUT2D eigenvalue weighted by Gasteiger charge is -2.24. The van der Waals surface area contributed by atoms with Gasteiger partial charge in [0.1, 0.15) is 12.5 Å². The van der Waals surface area contributed by atoms with Crippen LogP contribution in [0.1, 0.15) is 19.3 Å². The quantitative estimate of drug-likeness (QED) is 0.529. The number of hydrogen-bond donors (Lipinski definition) is 1. The summed E-state index contributed by atoms with van der Waals surface area (Å²) in [6.07, 6.45) is 2.27. The van der Waals surface area contributed by atoms with Crippen molar-refractivity contribution in [2.45, 2.75) is 31.5 Å². The van der Waals surface area contributed by atoms with Crippen LogP contribution in [0.4, 0.5) is 0 Å². The van der Waals surface area contributed by atoms with Crippen molar-refractivity contribution in [2.24, 2.45) is 0 Å². The maximum absolute atomic E-state index is 9.20. The zero-order valence-corrected chi connectivity index (χ0v) is 5.55. The molecule has 1 fully saturated rings. The number of rotatable bonds is 1. The Balaban J connectivity index is 2.30. The number of aliphatic hydroxyl groups is 1. The van der Waals surface area contributed by atoms with Crippen LogP contribution in [-0.4, -0.2) is 23.9 Å². The molecule has 2 nitrogen and oxygen atoms in total. The van der Waals surface area contributed by atoms with E-state index in [0.717, 1.165) is 19.4 Å². The van der Waals surface area contributed by atoms with Crippen LogP contribution in [0.2, 0.25) is 0 Å². The maximum atomic E-state index is 9.20. The van der Waals surface area contributed by atoms with Crippen LogP contribution in [0.5, 0.6) is 0 Å². The molecule has 1 N–H and O–H groups in total. The molecule has 52 valence electrons. The Kier molecular flexibility index (Phi) is 2.37. The molecule has 0 aliphatic carbocycles. The lowest BCUT2D eigenvalue weighted by molar-refractivity contribution is -0.0716. The molecule has 1 saturated heterocycles. The summed E-state index contributed by atoms with van der Waals surface area (Å²) in [4.78, 5) is 0. The van der Waals surface area contributed by atoms with Gasteiger partial charge in [0, 0.05) is 6.61 Å². The van der Waals surface area contributed by atoms with E-state index in [1.54, 1.807) is 0 Å². The minimum absolute atomic E-state index is 0.00116. The van der Waals surface area contributed by atoms with E-state index >= 15 is 0 Å². The second-order valence-electron chi connectivity index (χ2n) is 2.41. The molecule has 9 heavy (non-hydrogen) atoms. The molecule has 2 atom stereocenters. The van der Waals surface area contributed by atoms with Gasteiger partial charge in [-0.1, -0.05) is 0 Å². The Morgan fingerprint density at radius 1 is 1.67 bits per heavy atom. The SMILES string of the molecule is [CH2+]CC1OCCCC1O. The van der Waals surface area contributed by atoms with Gasteiger partial charge in [-0.05, 0) is 12.8 Å². The molecule has 0 spiro atoms. The third kappa shape index (κ3) is 1.60. The smallest absolute Gasteiger partial charge is 0.123 e. The van der Waals surface area contributed by atoms with E-state index < -0.39 is 0 Å². The van der Waals surface area contributed by atoms with Crippen molar-refractivity contribution in [2.75, 3.05) is 6.61 Å². The Morgan fingerprint density at radius 2 is 2.44 bits per heavy atom. The van der Waals surface area contributed by atoms with Crippen LogP contribution in [-0.2, 0) is 4.74 Å². The topological polar surface area (TPSA) is 29.5 Å². The Morgan fingerprint density at radius 3 is 2.89 bits per heavy atom. The monoisotopic (exact) mass is 129 g/mol. The molecule has 0 radical (unpaired) electrons. The first kappa shape index (κ1) is 6.90. The summed E-state index contributed by atoms with van der Waals surface area (Å²) >= 11 is 0. The van der Waals surface area contributed by atoms with Gasteiger partial charge in [-0.2, -0.15) is 0 Å². The normalized spacial score (nSPS) is 36.6. The van der Waals surface area contributed by atoms with Gasteiger partial charge >= 0.3 is 0 Å². The van der Waals surface area contributed by atoms with E-state index in [2.05, 4.69) is 6.92 Å². The molecule has 0 aromatic carbocycles. The first-order chi connectivity index (χ1) is 4.34. The largest absolute Gasteiger partial charge is 0.390 e. The van der Waals surface area contributed by atoms with E-state index in [4.69, 9.17) is 4.74 Å². The molecule has 0 aromatic heterocycles.